The van der Waals surface area contributed by atoms with E-state index in [-0.39, 0.29) is 12.1 Å². The molecule has 29 heavy (non-hydrogen) atoms. The quantitative estimate of drug-likeness (QED) is 0.691. The van der Waals surface area contributed by atoms with Gasteiger partial charge in [0.15, 0.2) is 0 Å². The molecule has 8 heteroatoms. The van der Waals surface area contributed by atoms with E-state index in [2.05, 4.69) is 15.7 Å². The number of benzene rings is 2. The molecule has 3 rings (SSSR count). The number of amides is 2. The summed E-state index contributed by atoms with van der Waals surface area (Å²) in [6.45, 7) is 5.20. The van der Waals surface area contributed by atoms with Gasteiger partial charge in [0.2, 0.25) is 5.91 Å². The Balaban J connectivity index is 1.68. The minimum absolute atomic E-state index is 0.334. The van der Waals surface area contributed by atoms with Gasteiger partial charge in [-0.15, -0.1) is 0 Å². The molecule has 0 aliphatic heterocycles. The Morgan fingerprint density at radius 2 is 1.72 bits per heavy atom. The molecule has 1 heterocycles. The molecule has 0 unspecified atom stereocenters. The van der Waals surface area contributed by atoms with Gasteiger partial charge in [-0.05, 0) is 45.0 Å². The number of nitrogens with one attached hydrogen (secondary N) is 2. The lowest BCUT2D eigenvalue weighted by molar-refractivity contribution is -0.115. The second kappa shape index (κ2) is 8.22. The summed E-state index contributed by atoms with van der Waals surface area (Å²) in [5.41, 5.74) is 3.54. The summed E-state index contributed by atoms with van der Waals surface area (Å²) in [6.07, 6.45) is 0. The number of aromatic nitrogens is 2. The SMILES string of the molecule is Cc1ccc(-n2nc(C)c(NC(=O)CNC(=O)c3ccc(F)cc3F)c2C)cc1. The highest BCUT2D eigenvalue weighted by Crippen LogP contribution is 2.23. The Kier molecular flexibility index (Phi) is 5.72. The van der Waals surface area contributed by atoms with E-state index in [1.165, 1.54) is 0 Å². The first-order chi connectivity index (χ1) is 13.8. The summed E-state index contributed by atoms with van der Waals surface area (Å²) in [6, 6.07) is 10.4. The van der Waals surface area contributed by atoms with Crippen LogP contribution in [0.2, 0.25) is 0 Å². The van der Waals surface area contributed by atoms with E-state index in [0.717, 1.165) is 29.1 Å². The molecular formula is C21H20F2N4O2. The van der Waals surface area contributed by atoms with Crippen LogP contribution in [-0.4, -0.2) is 28.1 Å². The number of hydrogen-bond donors (Lipinski definition) is 2. The first kappa shape index (κ1) is 20.2. The summed E-state index contributed by atoms with van der Waals surface area (Å²) in [5, 5.41) is 9.50. The fourth-order valence-corrected chi connectivity index (χ4v) is 2.87. The van der Waals surface area contributed by atoms with Gasteiger partial charge in [0.1, 0.15) is 11.6 Å². The molecule has 1 aromatic heterocycles. The normalized spacial score (nSPS) is 10.7. The largest absolute Gasteiger partial charge is 0.343 e. The van der Waals surface area contributed by atoms with Gasteiger partial charge in [0.05, 0.1) is 34.9 Å². The highest BCUT2D eigenvalue weighted by molar-refractivity contribution is 5.99. The molecule has 3 aromatic rings. The maximum Gasteiger partial charge on any atom is 0.254 e. The molecule has 2 aromatic carbocycles. The molecule has 0 fully saturated rings. The number of nitrogens with zero attached hydrogens (tertiary/aromatic N) is 2. The molecule has 0 aliphatic rings. The number of carbonyl (C=O) groups is 2. The smallest absolute Gasteiger partial charge is 0.254 e. The van der Waals surface area contributed by atoms with E-state index in [0.29, 0.717) is 17.4 Å². The van der Waals surface area contributed by atoms with E-state index in [4.69, 9.17) is 0 Å². The maximum absolute atomic E-state index is 13.7. The van der Waals surface area contributed by atoms with Gasteiger partial charge in [-0.3, -0.25) is 9.59 Å². The van der Waals surface area contributed by atoms with Crippen LogP contribution >= 0.6 is 0 Å². The summed E-state index contributed by atoms with van der Waals surface area (Å²) in [7, 11) is 0. The number of rotatable bonds is 5. The number of carbonyl (C=O) groups excluding carboxylic acids is 2. The Labute approximate surface area is 166 Å². The summed E-state index contributed by atoms with van der Waals surface area (Å²) < 4.78 is 28.3. The fraction of sp³-hybridized carbons (Fsp3) is 0.190. The molecule has 6 nitrogen and oxygen atoms in total. The van der Waals surface area contributed by atoms with Crippen LogP contribution in [-0.2, 0) is 4.79 Å². The molecule has 0 saturated heterocycles. The molecule has 0 bridgehead atoms. The second-order valence-electron chi connectivity index (χ2n) is 6.65. The van der Waals surface area contributed by atoms with Crippen molar-refractivity contribution in [2.75, 3.05) is 11.9 Å². The van der Waals surface area contributed by atoms with Crippen molar-refractivity contribution in [3.63, 3.8) is 0 Å². The summed E-state index contributed by atoms with van der Waals surface area (Å²) in [5.74, 6) is -3.07. The maximum atomic E-state index is 13.7. The van der Waals surface area contributed by atoms with Crippen molar-refractivity contribution in [1.29, 1.82) is 0 Å². The third-order valence-electron chi connectivity index (χ3n) is 4.42. The van der Waals surface area contributed by atoms with E-state index >= 15 is 0 Å². The molecule has 0 saturated carbocycles. The van der Waals surface area contributed by atoms with Crippen molar-refractivity contribution in [3.05, 3.63) is 76.6 Å². The van der Waals surface area contributed by atoms with Gasteiger partial charge in [-0.1, -0.05) is 17.7 Å². The van der Waals surface area contributed by atoms with Gasteiger partial charge in [0, 0.05) is 6.07 Å². The number of anilines is 1. The van der Waals surface area contributed by atoms with Crippen molar-refractivity contribution in [1.82, 2.24) is 15.1 Å². The van der Waals surface area contributed by atoms with Crippen LogP contribution in [0.1, 0.15) is 27.3 Å². The predicted molar refractivity (Wildman–Crippen MR) is 105 cm³/mol. The highest BCUT2D eigenvalue weighted by atomic mass is 19.1. The van der Waals surface area contributed by atoms with Gasteiger partial charge >= 0.3 is 0 Å². The van der Waals surface area contributed by atoms with Gasteiger partial charge in [-0.25, -0.2) is 13.5 Å². The molecule has 0 spiro atoms. The summed E-state index contributed by atoms with van der Waals surface area (Å²) in [4.78, 5) is 24.3. The van der Waals surface area contributed by atoms with E-state index in [9.17, 15) is 18.4 Å². The molecule has 0 radical (unpaired) electrons. The van der Waals surface area contributed by atoms with Crippen molar-refractivity contribution in [2.24, 2.45) is 0 Å². The molecule has 0 aliphatic carbocycles. The van der Waals surface area contributed by atoms with Crippen LogP contribution in [0, 0.1) is 32.4 Å². The van der Waals surface area contributed by atoms with E-state index in [1.54, 1.807) is 11.6 Å². The third kappa shape index (κ3) is 4.48. The highest BCUT2D eigenvalue weighted by Gasteiger charge is 2.17. The summed E-state index contributed by atoms with van der Waals surface area (Å²) >= 11 is 0. The van der Waals surface area contributed by atoms with Crippen LogP contribution in [0.3, 0.4) is 0 Å². The average Bonchev–Trinajstić information content (AvgIpc) is 2.95. The van der Waals surface area contributed by atoms with Crippen LogP contribution in [0.15, 0.2) is 42.5 Å². The van der Waals surface area contributed by atoms with Crippen LogP contribution in [0.4, 0.5) is 14.5 Å². The molecule has 150 valence electrons. The van der Waals surface area contributed by atoms with E-state index < -0.39 is 23.4 Å². The molecular weight excluding hydrogens is 378 g/mol. The van der Waals surface area contributed by atoms with Crippen LogP contribution < -0.4 is 10.6 Å². The molecule has 2 N–H and O–H groups in total. The van der Waals surface area contributed by atoms with Crippen molar-refractivity contribution >= 4 is 17.5 Å². The lowest BCUT2D eigenvalue weighted by atomic mass is 10.2. The number of hydrogen-bond acceptors (Lipinski definition) is 3. The zero-order chi connectivity index (χ0) is 21.1. The van der Waals surface area contributed by atoms with E-state index in [1.807, 2.05) is 38.1 Å². The first-order valence-electron chi connectivity index (χ1n) is 8.92. The monoisotopic (exact) mass is 398 g/mol. The minimum Gasteiger partial charge on any atom is -0.343 e. The van der Waals surface area contributed by atoms with Gasteiger partial charge in [0.25, 0.3) is 5.91 Å². The fourth-order valence-electron chi connectivity index (χ4n) is 2.87. The van der Waals surface area contributed by atoms with Crippen molar-refractivity contribution < 1.29 is 18.4 Å². The van der Waals surface area contributed by atoms with Gasteiger partial charge in [-0.2, -0.15) is 5.10 Å². The Morgan fingerprint density at radius 1 is 1.03 bits per heavy atom. The zero-order valence-electron chi connectivity index (χ0n) is 16.2. The zero-order valence-corrected chi connectivity index (χ0v) is 16.2. The standard InChI is InChI=1S/C21H20F2N4O2/c1-12-4-7-16(8-5-12)27-14(3)20(13(2)26-27)25-19(28)11-24-21(29)17-9-6-15(22)10-18(17)23/h4-10H,11H2,1-3H3,(H,24,29)(H,25,28). The first-order valence-corrected chi connectivity index (χ1v) is 8.92. The Bertz CT molecular complexity index is 1080. The lowest BCUT2D eigenvalue weighted by Gasteiger charge is -2.09. The minimum atomic E-state index is -0.992. The molecule has 2 amide bonds. The van der Waals surface area contributed by atoms with Gasteiger partial charge < -0.3 is 10.6 Å². The Morgan fingerprint density at radius 3 is 2.38 bits per heavy atom. The number of halogens is 2. The van der Waals surface area contributed by atoms with Crippen molar-refractivity contribution in [2.45, 2.75) is 20.8 Å². The third-order valence-corrected chi connectivity index (χ3v) is 4.42. The number of aryl methyl sites for hydroxylation is 2. The van der Waals surface area contributed by atoms with Crippen LogP contribution in [0.5, 0.6) is 0 Å². The van der Waals surface area contributed by atoms with Crippen molar-refractivity contribution in [3.8, 4) is 5.69 Å². The average molecular weight is 398 g/mol. The molecule has 0 atom stereocenters. The predicted octanol–water partition coefficient (Wildman–Crippen LogP) is 3.44. The lowest BCUT2D eigenvalue weighted by Crippen LogP contribution is -2.33. The topological polar surface area (TPSA) is 76.0 Å². The van der Waals surface area contributed by atoms with Crippen LogP contribution in [0.25, 0.3) is 5.69 Å². The second-order valence-corrected chi connectivity index (χ2v) is 6.65. The Hall–Kier alpha value is -3.55.